The molecule has 0 spiro atoms. The van der Waals surface area contributed by atoms with Gasteiger partial charge in [-0.2, -0.15) is 0 Å². The number of thiophene rings is 1. The Hall–Kier alpha value is -0.760. The SMILES string of the molecule is CC.Cc1cc2c[nH]cc2s1. The average Bonchev–Trinajstić information content (AvgIpc) is 2.51. The molecule has 0 radical (unpaired) electrons. The summed E-state index contributed by atoms with van der Waals surface area (Å²) in [5.41, 5.74) is 0. The maximum atomic E-state index is 3.06. The van der Waals surface area contributed by atoms with Crippen LogP contribution in [0.1, 0.15) is 18.7 Å². The number of nitrogens with one attached hydrogen (secondary N) is 1. The standard InChI is InChI=1S/C7H7NS.C2H6/c1-5-2-6-3-8-4-7(6)9-5;1-2/h2-4,8H,1H3;1-2H3. The van der Waals surface area contributed by atoms with E-state index in [-0.39, 0.29) is 0 Å². The van der Waals surface area contributed by atoms with Crippen LogP contribution in [-0.4, -0.2) is 4.98 Å². The predicted molar refractivity (Wildman–Crippen MR) is 52.3 cm³/mol. The van der Waals surface area contributed by atoms with E-state index in [0.717, 1.165) is 0 Å². The Kier molecular flexibility index (Phi) is 2.71. The molecule has 0 aromatic carbocycles. The van der Waals surface area contributed by atoms with Gasteiger partial charge in [0.15, 0.2) is 0 Å². The monoisotopic (exact) mass is 167 g/mol. The largest absolute Gasteiger partial charge is 0.366 e. The van der Waals surface area contributed by atoms with E-state index in [4.69, 9.17) is 0 Å². The van der Waals surface area contributed by atoms with Gasteiger partial charge < -0.3 is 4.98 Å². The first-order valence-electron chi connectivity index (χ1n) is 3.89. The van der Waals surface area contributed by atoms with Crippen molar-refractivity contribution in [3.63, 3.8) is 0 Å². The summed E-state index contributed by atoms with van der Waals surface area (Å²) in [6.45, 7) is 6.13. The van der Waals surface area contributed by atoms with E-state index >= 15 is 0 Å². The Labute approximate surface area is 71.1 Å². The second-order valence-electron chi connectivity index (χ2n) is 2.13. The molecule has 0 saturated carbocycles. The third kappa shape index (κ3) is 1.63. The lowest BCUT2D eigenvalue weighted by Crippen LogP contribution is -1.50. The summed E-state index contributed by atoms with van der Waals surface area (Å²) in [7, 11) is 0. The third-order valence-electron chi connectivity index (χ3n) is 1.37. The van der Waals surface area contributed by atoms with E-state index in [2.05, 4.69) is 18.0 Å². The zero-order chi connectivity index (χ0) is 8.27. The maximum Gasteiger partial charge on any atom is 0.0520 e. The summed E-state index contributed by atoms with van der Waals surface area (Å²) in [6.07, 6.45) is 4.06. The highest BCUT2D eigenvalue weighted by Crippen LogP contribution is 2.23. The molecule has 60 valence electrons. The molecule has 0 saturated heterocycles. The topological polar surface area (TPSA) is 15.8 Å². The van der Waals surface area contributed by atoms with Gasteiger partial charge in [0.05, 0.1) is 4.70 Å². The van der Waals surface area contributed by atoms with Gasteiger partial charge >= 0.3 is 0 Å². The Balaban J connectivity index is 0.000000281. The summed E-state index contributed by atoms with van der Waals surface area (Å²) in [5.74, 6) is 0. The first kappa shape index (κ1) is 8.34. The van der Waals surface area contributed by atoms with Gasteiger partial charge in [-0.1, -0.05) is 13.8 Å². The molecule has 0 atom stereocenters. The second-order valence-corrected chi connectivity index (χ2v) is 3.42. The minimum atomic E-state index is 1.33. The van der Waals surface area contributed by atoms with Crippen molar-refractivity contribution >= 4 is 21.4 Å². The summed E-state index contributed by atoms with van der Waals surface area (Å²) in [6, 6.07) is 2.19. The van der Waals surface area contributed by atoms with Crippen LogP contribution in [0.2, 0.25) is 0 Å². The lowest BCUT2D eigenvalue weighted by atomic mass is 10.4. The molecule has 1 N–H and O–H groups in total. The Morgan fingerprint density at radius 3 is 2.64 bits per heavy atom. The van der Waals surface area contributed by atoms with Crippen LogP contribution >= 0.6 is 11.3 Å². The Morgan fingerprint density at radius 1 is 1.27 bits per heavy atom. The maximum absolute atomic E-state index is 3.06. The van der Waals surface area contributed by atoms with Crippen LogP contribution < -0.4 is 0 Å². The smallest absolute Gasteiger partial charge is 0.0520 e. The van der Waals surface area contributed by atoms with Crippen molar-refractivity contribution in [1.82, 2.24) is 4.98 Å². The molecule has 0 aliphatic rings. The average molecular weight is 167 g/mol. The minimum absolute atomic E-state index is 1.33. The molecule has 2 aromatic heterocycles. The molecule has 2 rings (SSSR count). The van der Waals surface area contributed by atoms with Gasteiger partial charge in [-0.05, 0) is 13.0 Å². The lowest BCUT2D eigenvalue weighted by molar-refractivity contribution is 1.43. The summed E-state index contributed by atoms with van der Waals surface area (Å²) in [4.78, 5) is 4.44. The molecule has 2 heteroatoms. The fourth-order valence-electron chi connectivity index (χ4n) is 0.985. The van der Waals surface area contributed by atoms with Crippen molar-refractivity contribution < 1.29 is 0 Å². The van der Waals surface area contributed by atoms with E-state index in [9.17, 15) is 0 Å². The summed E-state index contributed by atoms with van der Waals surface area (Å²) in [5, 5.41) is 1.33. The van der Waals surface area contributed by atoms with Crippen molar-refractivity contribution in [3.05, 3.63) is 23.3 Å². The number of aryl methyl sites for hydroxylation is 1. The normalized spacial score (nSPS) is 9.36. The molecular weight excluding hydrogens is 154 g/mol. The fraction of sp³-hybridized carbons (Fsp3) is 0.333. The first-order valence-corrected chi connectivity index (χ1v) is 4.71. The van der Waals surface area contributed by atoms with Crippen molar-refractivity contribution in [2.45, 2.75) is 20.8 Å². The van der Waals surface area contributed by atoms with Crippen LogP contribution in [0.25, 0.3) is 10.1 Å². The molecule has 2 heterocycles. The van der Waals surface area contributed by atoms with Gasteiger partial charge in [0.25, 0.3) is 0 Å². The number of aromatic nitrogens is 1. The van der Waals surface area contributed by atoms with Gasteiger partial charge in [0.1, 0.15) is 0 Å². The van der Waals surface area contributed by atoms with Crippen molar-refractivity contribution in [1.29, 1.82) is 0 Å². The minimum Gasteiger partial charge on any atom is -0.366 e. The van der Waals surface area contributed by atoms with Gasteiger partial charge in [0.2, 0.25) is 0 Å². The van der Waals surface area contributed by atoms with E-state index < -0.39 is 0 Å². The van der Waals surface area contributed by atoms with Crippen LogP contribution in [0.4, 0.5) is 0 Å². The Bertz CT molecular complexity index is 290. The lowest BCUT2D eigenvalue weighted by Gasteiger charge is -1.70. The number of fused-ring (bicyclic) bond motifs is 1. The van der Waals surface area contributed by atoms with Gasteiger partial charge in [-0.3, -0.25) is 0 Å². The third-order valence-corrected chi connectivity index (χ3v) is 2.38. The zero-order valence-corrected chi connectivity index (χ0v) is 7.96. The number of H-pyrrole nitrogens is 1. The molecule has 1 nitrogen and oxygen atoms in total. The number of rotatable bonds is 0. The summed E-state index contributed by atoms with van der Waals surface area (Å²) >= 11 is 1.83. The highest BCUT2D eigenvalue weighted by Gasteiger charge is 1.95. The molecule has 0 fully saturated rings. The van der Waals surface area contributed by atoms with Gasteiger partial charge in [0, 0.05) is 22.7 Å². The highest BCUT2D eigenvalue weighted by molar-refractivity contribution is 7.19. The molecule has 2 aromatic rings. The summed E-state index contributed by atoms with van der Waals surface area (Å²) < 4.78 is 1.35. The van der Waals surface area contributed by atoms with E-state index in [0.29, 0.717) is 0 Å². The molecule has 0 unspecified atom stereocenters. The van der Waals surface area contributed by atoms with Crippen LogP contribution in [0.5, 0.6) is 0 Å². The zero-order valence-electron chi connectivity index (χ0n) is 7.14. The molecule has 0 amide bonds. The van der Waals surface area contributed by atoms with Gasteiger partial charge in [-0.25, -0.2) is 0 Å². The van der Waals surface area contributed by atoms with E-state index in [1.165, 1.54) is 15.0 Å². The Morgan fingerprint density at radius 2 is 2.00 bits per heavy atom. The number of aromatic amines is 1. The van der Waals surface area contributed by atoms with Crippen LogP contribution in [0.15, 0.2) is 18.5 Å². The van der Waals surface area contributed by atoms with Crippen LogP contribution in [-0.2, 0) is 0 Å². The molecule has 11 heavy (non-hydrogen) atoms. The van der Waals surface area contributed by atoms with Crippen molar-refractivity contribution in [3.8, 4) is 0 Å². The fourth-order valence-corrected chi connectivity index (χ4v) is 1.88. The number of hydrogen-bond donors (Lipinski definition) is 1. The molecule has 0 aliphatic heterocycles. The van der Waals surface area contributed by atoms with E-state index in [1.54, 1.807) is 0 Å². The molecule has 0 bridgehead atoms. The van der Waals surface area contributed by atoms with Crippen molar-refractivity contribution in [2.75, 3.05) is 0 Å². The van der Waals surface area contributed by atoms with Gasteiger partial charge in [-0.15, -0.1) is 11.3 Å². The molecule has 0 aliphatic carbocycles. The van der Waals surface area contributed by atoms with Crippen LogP contribution in [0, 0.1) is 6.92 Å². The van der Waals surface area contributed by atoms with Crippen LogP contribution in [0.3, 0.4) is 0 Å². The first-order chi connectivity index (χ1) is 5.36. The highest BCUT2D eigenvalue weighted by atomic mass is 32.1. The number of hydrogen-bond acceptors (Lipinski definition) is 1. The quantitative estimate of drug-likeness (QED) is 0.617. The molecular formula is C9H13NS. The van der Waals surface area contributed by atoms with E-state index in [1.807, 2.05) is 37.6 Å². The van der Waals surface area contributed by atoms with Crippen molar-refractivity contribution in [2.24, 2.45) is 0 Å². The predicted octanol–water partition coefficient (Wildman–Crippen LogP) is 3.56. The second kappa shape index (κ2) is 3.58.